The van der Waals surface area contributed by atoms with Gasteiger partial charge in [0.15, 0.2) is 0 Å². The van der Waals surface area contributed by atoms with E-state index in [0.717, 1.165) is 5.57 Å². The molecule has 0 heterocycles. The summed E-state index contributed by atoms with van der Waals surface area (Å²) in [4.78, 5) is 23.3. The molecule has 0 saturated carbocycles. The van der Waals surface area contributed by atoms with Crippen molar-refractivity contribution in [2.45, 2.75) is 13.8 Å². The minimum atomic E-state index is -1.03. The Balaban J connectivity index is 4.40. The fraction of sp³-hybridized carbons (Fsp3) is 0.600. The number of aliphatic carboxylic acids is 1. The lowest BCUT2D eigenvalue weighted by atomic mass is 10.3. The molecule has 0 rings (SSSR count). The van der Waals surface area contributed by atoms with Crippen LogP contribution in [0.4, 0.5) is 0 Å². The minimum absolute atomic E-state index is 0.283. The van der Waals surface area contributed by atoms with E-state index in [1.54, 1.807) is 13.8 Å². The summed E-state index contributed by atoms with van der Waals surface area (Å²) in [5.74, 6) is -1.32. The molecule has 0 unspecified atom stereocenters. The van der Waals surface area contributed by atoms with Crippen LogP contribution in [-0.2, 0) is 14.3 Å². The first-order valence-electron chi connectivity index (χ1n) is 4.62. The van der Waals surface area contributed by atoms with Gasteiger partial charge < -0.3 is 14.7 Å². The van der Waals surface area contributed by atoms with E-state index in [9.17, 15) is 9.59 Å². The molecule has 0 aromatic rings. The molecule has 0 atom stereocenters. The summed E-state index contributed by atoms with van der Waals surface area (Å²) in [6.07, 6.45) is 1.42. The normalized spacial score (nSPS) is 9.53. The maximum absolute atomic E-state index is 11.5. The number of carboxylic acids is 1. The number of carbonyl (C=O) groups is 2. The maximum Gasteiger partial charge on any atom is 0.323 e. The number of rotatable bonds is 6. The molecular weight excluding hydrogens is 198 g/mol. The van der Waals surface area contributed by atoms with Gasteiger partial charge in [-0.2, -0.15) is 0 Å². The number of allylic oxidation sites excluding steroid dienone is 1. The Labute approximate surface area is 89.3 Å². The van der Waals surface area contributed by atoms with Crippen molar-refractivity contribution in [2.24, 2.45) is 0 Å². The minimum Gasteiger partial charge on any atom is -0.480 e. The highest BCUT2D eigenvalue weighted by atomic mass is 16.5. The van der Waals surface area contributed by atoms with Gasteiger partial charge in [-0.25, -0.2) is 0 Å². The van der Waals surface area contributed by atoms with E-state index in [4.69, 9.17) is 9.84 Å². The number of hydrogen-bond acceptors (Lipinski definition) is 3. The fourth-order valence-corrected chi connectivity index (χ4v) is 0.970. The van der Waals surface area contributed by atoms with Crippen molar-refractivity contribution in [1.82, 2.24) is 4.90 Å². The SMILES string of the molecule is COCCN(CC(=O)O)C(=O)C=C(C)C. The number of ether oxygens (including phenoxy) is 1. The molecule has 15 heavy (non-hydrogen) atoms. The average molecular weight is 215 g/mol. The van der Waals surface area contributed by atoms with Crippen molar-refractivity contribution in [3.63, 3.8) is 0 Å². The van der Waals surface area contributed by atoms with Gasteiger partial charge >= 0.3 is 5.97 Å². The average Bonchev–Trinajstić information content (AvgIpc) is 2.10. The highest BCUT2D eigenvalue weighted by Gasteiger charge is 2.13. The summed E-state index contributed by atoms with van der Waals surface area (Å²) >= 11 is 0. The van der Waals surface area contributed by atoms with Crippen LogP contribution in [0.3, 0.4) is 0 Å². The third-order valence-corrected chi connectivity index (χ3v) is 1.62. The topological polar surface area (TPSA) is 66.8 Å². The number of hydrogen-bond donors (Lipinski definition) is 1. The van der Waals surface area contributed by atoms with Gasteiger partial charge in [0.1, 0.15) is 6.54 Å². The van der Waals surface area contributed by atoms with E-state index in [2.05, 4.69) is 0 Å². The summed E-state index contributed by atoms with van der Waals surface area (Å²) < 4.78 is 4.80. The summed E-state index contributed by atoms with van der Waals surface area (Å²) in [5.41, 5.74) is 0.841. The summed E-state index contributed by atoms with van der Waals surface area (Å²) in [6.45, 7) is 3.88. The second-order valence-electron chi connectivity index (χ2n) is 3.37. The fourth-order valence-electron chi connectivity index (χ4n) is 0.970. The van der Waals surface area contributed by atoms with Gasteiger partial charge in [-0.15, -0.1) is 0 Å². The molecule has 0 aliphatic heterocycles. The van der Waals surface area contributed by atoms with Crippen molar-refractivity contribution in [1.29, 1.82) is 0 Å². The molecule has 0 fully saturated rings. The molecule has 1 N–H and O–H groups in total. The number of carboxylic acid groups (broad SMARTS) is 1. The molecule has 0 aliphatic rings. The maximum atomic E-state index is 11.5. The van der Waals surface area contributed by atoms with Crippen LogP contribution in [-0.4, -0.2) is 48.7 Å². The molecule has 0 aromatic carbocycles. The lowest BCUT2D eigenvalue weighted by molar-refractivity contribution is -0.143. The molecule has 0 bridgehead atoms. The largest absolute Gasteiger partial charge is 0.480 e. The van der Waals surface area contributed by atoms with Crippen molar-refractivity contribution >= 4 is 11.9 Å². The highest BCUT2D eigenvalue weighted by molar-refractivity contribution is 5.90. The van der Waals surface area contributed by atoms with Crippen LogP contribution in [0.25, 0.3) is 0 Å². The van der Waals surface area contributed by atoms with Crippen LogP contribution in [0.5, 0.6) is 0 Å². The first kappa shape index (κ1) is 13.6. The van der Waals surface area contributed by atoms with Crippen LogP contribution < -0.4 is 0 Å². The highest BCUT2D eigenvalue weighted by Crippen LogP contribution is 1.96. The predicted molar refractivity (Wildman–Crippen MR) is 55.5 cm³/mol. The van der Waals surface area contributed by atoms with E-state index >= 15 is 0 Å². The van der Waals surface area contributed by atoms with E-state index < -0.39 is 5.97 Å². The molecule has 0 saturated heterocycles. The first-order valence-corrected chi connectivity index (χ1v) is 4.62. The Kier molecular flexibility index (Phi) is 6.37. The Hall–Kier alpha value is -1.36. The van der Waals surface area contributed by atoms with E-state index in [0.29, 0.717) is 6.61 Å². The zero-order chi connectivity index (χ0) is 11.8. The Bertz CT molecular complexity index is 256. The second kappa shape index (κ2) is 7.00. The zero-order valence-corrected chi connectivity index (χ0v) is 9.32. The molecule has 0 aliphatic carbocycles. The Morgan fingerprint density at radius 3 is 2.40 bits per heavy atom. The van der Waals surface area contributed by atoms with E-state index in [-0.39, 0.29) is 19.0 Å². The van der Waals surface area contributed by atoms with Crippen LogP contribution in [0.1, 0.15) is 13.8 Å². The van der Waals surface area contributed by atoms with E-state index in [1.807, 2.05) is 0 Å². The summed E-state index contributed by atoms with van der Waals surface area (Å²) in [5, 5.41) is 8.61. The zero-order valence-electron chi connectivity index (χ0n) is 9.32. The summed E-state index contributed by atoms with van der Waals surface area (Å²) in [6, 6.07) is 0. The van der Waals surface area contributed by atoms with Crippen LogP contribution in [0.15, 0.2) is 11.6 Å². The lowest BCUT2D eigenvalue weighted by Gasteiger charge is -2.18. The van der Waals surface area contributed by atoms with Gasteiger partial charge in [-0.1, -0.05) is 5.57 Å². The number of methoxy groups -OCH3 is 1. The van der Waals surface area contributed by atoms with Crippen molar-refractivity contribution in [3.05, 3.63) is 11.6 Å². The van der Waals surface area contributed by atoms with Crippen molar-refractivity contribution < 1.29 is 19.4 Å². The predicted octanol–water partition coefficient (Wildman–Crippen LogP) is 0.512. The van der Waals surface area contributed by atoms with Gasteiger partial charge in [0, 0.05) is 19.7 Å². The number of carbonyl (C=O) groups excluding carboxylic acids is 1. The van der Waals surface area contributed by atoms with Gasteiger partial charge in [0.2, 0.25) is 5.91 Å². The second-order valence-corrected chi connectivity index (χ2v) is 3.37. The third-order valence-electron chi connectivity index (χ3n) is 1.62. The summed E-state index contributed by atoms with van der Waals surface area (Å²) in [7, 11) is 1.50. The van der Waals surface area contributed by atoms with Gasteiger partial charge in [-0.3, -0.25) is 9.59 Å². The lowest BCUT2D eigenvalue weighted by Crippen LogP contribution is -2.37. The molecule has 86 valence electrons. The Morgan fingerprint density at radius 2 is 2.00 bits per heavy atom. The monoisotopic (exact) mass is 215 g/mol. The smallest absolute Gasteiger partial charge is 0.323 e. The number of nitrogens with zero attached hydrogens (tertiary/aromatic N) is 1. The van der Waals surface area contributed by atoms with Crippen LogP contribution in [0, 0.1) is 0 Å². The molecule has 0 radical (unpaired) electrons. The molecule has 0 aromatic heterocycles. The first-order chi connectivity index (χ1) is 6.97. The molecule has 1 amide bonds. The molecule has 5 nitrogen and oxygen atoms in total. The van der Waals surface area contributed by atoms with Crippen LogP contribution in [0.2, 0.25) is 0 Å². The van der Waals surface area contributed by atoms with Crippen molar-refractivity contribution in [2.75, 3.05) is 26.8 Å². The molecule has 0 spiro atoms. The standard InChI is InChI=1S/C10H17NO4/c1-8(2)6-9(12)11(4-5-15-3)7-10(13)14/h6H,4-5,7H2,1-3H3,(H,13,14). The van der Waals surface area contributed by atoms with Crippen molar-refractivity contribution in [3.8, 4) is 0 Å². The van der Waals surface area contributed by atoms with Gasteiger partial charge in [0.25, 0.3) is 0 Å². The molecule has 5 heteroatoms. The Morgan fingerprint density at radius 1 is 1.40 bits per heavy atom. The molecular formula is C10H17NO4. The quantitative estimate of drug-likeness (QED) is 0.656. The van der Waals surface area contributed by atoms with Gasteiger partial charge in [-0.05, 0) is 13.8 Å². The van der Waals surface area contributed by atoms with Crippen LogP contribution >= 0.6 is 0 Å². The van der Waals surface area contributed by atoms with Gasteiger partial charge in [0.05, 0.1) is 6.61 Å². The third kappa shape index (κ3) is 6.68. The number of amides is 1. The van der Waals surface area contributed by atoms with E-state index in [1.165, 1.54) is 18.1 Å².